The van der Waals surface area contributed by atoms with Crippen LogP contribution in [-0.2, 0) is 4.79 Å². The summed E-state index contributed by atoms with van der Waals surface area (Å²) in [6.45, 7) is 6.81. The van der Waals surface area contributed by atoms with Crippen molar-refractivity contribution in [2.45, 2.75) is 27.7 Å². The molecule has 0 saturated heterocycles. The molecule has 100 valence electrons. The molecule has 0 bridgehead atoms. The van der Waals surface area contributed by atoms with E-state index in [-0.39, 0.29) is 5.56 Å². The molecule has 0 amide bonds. The molecule has 2 rings (SSSR count). The summed E-state index contributed by atoms with van der Waals surface area (Å²) in [7, 11) is 0. The standard InChI is InChI=1S/C14H16N2O3/c1-9-15-11-8-6-5-7-10(11)12(17)16(9)19-13(18)14(2,3)4/h5-8H,1-4H3. The SMILES string of the molecule is Cc1nc2ccccc2c(=O)n1OC(=O)C(C)(C)C. The molecule has 2 aromatic rings. The maximum absolute atomic E-state index is 12.3. The van der Waals surface area contributed by atoms with Gasteiger partial charge < -0.3 is 4.84 Å². The number of nitrogens with zero attached hydrogens (tertiary/aromatic N) is 2. The summed E-state index contributed by atoms with van der Waals surface area (Å²) in [5, 5.41) is 0.426. The van der Waals surface area contributed by atoms with Crippen molar-refractivity contribution in [3.8, 4) is 0 Å². The average Bonchev–Trinajstić information content (AvgIpc) is 2.33. The lowest BCUT2D eigenvalue weighted by Crippen LogP contribution is -2.38. The van der Waals surface area contributed by atoms with Crippen molar-refractivity contribution >= 4 is 16.9 Å². The van der Waals surface area contributed by atoms with Crippen LogP contribution in [0, 0.1) is 12.3 Å². The summed E-state index contributed by atoms with van der Waals surface area (Å²) < 4.78 is 0.954. The Balaban J connectivity index is 2.56. The normalized spacial score (nSPS) is 11.6. The van der Waals surface area contributed by atoms with Gasteiger partial charge in [-0.25, -0.2) is 9.78 Å². The van der Waals surface area contributed by atoms with Gasteiger partial charge in [0.1, 0.15) is 5.82 Å². The number of rotatable bonds is 1. The molecule has 0 aliphatic heterocycles. The van der Waals surface area contributed by atoms with E-state index in [1.54, 1.807) is 52.0 Å². The Morgan fingerprint density at radius 2 is 1.89 bits per heavy atom. The zero-order valence-electron chi connectivity index (χ0n) is 11.4. The zero-order valence-corrected chi connectivity index (χ0v) is 11.4. The van der Waals surface area contributed by atoms with Gasteiger partial charge >= 0.3 is 5.97 Å². The maximum Gasteiger partial charge on any atom is 0.338 e. The highest BCUT2D eigenvalue weighted by Gasteiger charge is 2.25. The van der Waals surface area contributed by atoms with Crippen molar-refractivity contribution in [1.82, 2.24) is 9.71 Å². The molecule has 0 atom stereocenters. The lowest BCUT2D eigenvalue weighted by molar-refractivity contribution is -0.154. The van der Waals surface area contributed by atoms with Gasteiger partial charge in [-0.3, -0.25) is 4.79 Å². The van der Waals surface area contributed by atoms with E-state index in [1.165, 1.54) is 0 Å². The van der Waals surface area contributed by atoms with Crippen molar-refractivity contribution in [3.05, 3.63) is 40.4 Å². The van der Waals surface area contributed by atoms with E-state index in [0.29, 0.717) is 16.7 Å². The minimum atomic E-state index is -0.683. The van der Waals surface area contributed by atoms with E-state index >= 15 is 0 Å². The molecule has 0 radical (unpaired) electrons. The molecular formula is C14H16N2O3. The Bertz CT molecular complexity index is 696. The first-order valence-electron chi connectivity index (χ1n) is 6.02. The van der Waals surface area contributed by atoms with Crippen LogP contribution in [0.3, 0.4) is 0 Å². The van der Waals surface area contributed by atoms with Crippen LogP contribution in [0.15, 0.2) is 29.1 Å². The monoisotopic (exact) mass is 260 g/mol. The predicted octanol–water partition coefficient (Wildman–Crippen LogP) is 1.71. The van der Waals surface area contributed by atoms with Gasteiger partial charge in [0.05, 0.1) is 16.3 Å². The largest absolute Gasteiger partial charge is 0.338 e. The van der Waals surface area contributed by atoms with E-state index in [2.05, 4.69) is 4.98 Å². The number of hydrogen-bond donors (Lipinski definition) is 0. The van der Waals surface area contributed by atoms with Crippen molar-refractivity contribution in [3.63, 3.8) is 0 Å². The number of aromatic nitrogens is 2. The van der Waals surface area contributed by atoms with Gasteiger partial charge in [-0.2, -0.15) is 0 Å². The summed E-state index contributed by atoms with van der Waals surface area (Å²) in [4.78, 5) is 33.5. The second-order valence-electron chi connectivity index (χ2n) is 5.40. The van der Waals surface area contributed by atoms with Crippen LogP contribution in [0.4, 0.5) is 0 Å². The van der Waals surface area contributed by atoms with Crippen LogP contribution in [0.1, 0.15) is 26.6 Å². The number of carbonyl (C=O) groups excluding carboxylic acids is 1. The van der Waals surface area contributed by atoms with Crippen molar-refractivity contribution < 1.29 is 9.63 Å². The number of benzene rings is 1. The summed E-state index contributed by atoms with van der Waals surface area (Å²) in [6.07, 6.45) is 0. The van der Waals surface area contributed by atoms with Crippen molar-refractivity contribution in [2.75, 3.05) is 0 Å². The van der Waals surface area contributed by atoms with Gasteiger partial charge in [0.15, 0.2) is 0 Å². The third-order valence-corrected chi connectivity index (χ3v) is 2.68. The minimum absolute atomic E-state index is 0.348. The fourth-order valence-electron chi connectivity index (χ4n) is 1.56. The Labute approximate surface area is 110 Å². The summed E-state index contributed by atoms with van der Waals surface area (Å²) in [5.41, 5.74) is -0.467. The van der Waals surface area contributed by atoms with Crippen LogP contribution in [-0.4, -0.2) is 15.7 Å². The molecule has 19 heavy (non-hydrogen) atoms. The van der Waals surface area contributed by atoms with Crippen molar-refractivity contribution in [2.24, 2.45) is 5.41 Å². The molecule has 0 N–H and O–H groups in total. The Hall–Kier alpha value is -2.17. The average molecular weight is 260 g/mol. The van der Waals surface area contributed by atoms with Gasteiger partial charge in [0.25, 0.3) is 5.56 Å². The molecule has 0 saturated carbocycles. The number of para-hydroxylation sites is 1. The van der Waals surface area contributed by atoms with Crippen LogP contribution in [0.5, 0.6) is 0 Å². The molecule has 0 unspecified atom stereocenters. The number of aryl methyl sites for hydroxylation is 1. The number of carbonyl (C=O) groups is 1. The molecular weight excluding hydrogens is 244 g/mol. The first-order chi connectivity index (χ1) is 8.80. The highest BCUT2D eigenvalue weighted by atomic mass is 16.7. The fraction of sp³-hybridized carbons (Fsp3) is 0.357. The molecule has 1 aromatic heterocycles. The maximum atomic E-state index is 12.3. The van der Waals surface area contributed by atoms with Crippen LogP contribution < -0.4 is 10.4 Å². The summed E-state index contributed by atoms with van der Waals surface area (Å²) >= 11 is 0. The van der Waals surface area contributed by atoms with Gasteiger partial charge in [-0.15, -0.1) is 4.73 Å². The lowest BCUT2D eigenvalue weighted by atomic mass is 9.98. The third-order valence-electron chi connectivity index (χ3n) is 2.68. The lowest BCUT2D eigenvalue weighted by Gasteiger charge is -2.17. The molecule has 5 nitrogen and oxygen atoms in total. The quantitative estimate of drug-likeness (QED) is 0.783. The Kier molecular flexibility index (Phi) is 3.14. The summed E-state index contributed by atoms with van der Waals surface area (Å²) in [6, 6.07) is 6.96. The second-order valence-corrected chi connectivity index (χ2v) is 5.40. The van der Waals surface area contributed by atoms with E-state index in [1.807, 2.05) is 0 Å². The van der Waals surface area contributed by atoms with Gasteiger partial charge in [0, 0.05) is 0 Å². The highest BCUT2D eigenvalue weighted by molar-refractivity contribution is 5.78. The van der Waals surface area contributed by atoms with E-state index in [0.717, 1.165) is 4.73 Å². The second kappa shape index (κ2) is 4.50. The zero-order chi connectivity index (χ0) is 14.2. The van der Waals surface area contributed by atoms with E-state index in [4.69, 9.17) is 4.84 Å². The topological polar surface area (TPSA) is 61.2 Å². The van der Waals surface area contributed by atoms with Gasteiger partial charge in [-0.1, -0.05) is 12.1 Å². The van der Waals surface area contributed by atoms with Crippen LogP contribution in [0.2, 0.25) is 0 Å². The Morgan fingerprint density at radius 3 is 2.53 bits per heavy atom. The fourth-order valence-corrected chi connectivity index (χ4v) is 1.56. The third kappa shape index (κ3) is 2.50. The van der Waals surface area contributed by atoms with Crippen LogP contribution >= 0.6 is 0 Å². The Morgan fingerprint density at radius 1 is 1.26 bits per heavy atom. The first-order valence-corrected chi connectivity index (χ1v) is 6.02. The molecule has 0 aliphatic rings. The van der Waals surface area contributed by atoms with Crippen molar-refractivity contribution in [1.29, 1.82) is 0 Å². The smallest absolute Gasteiger partial charge is 0.331 e. The highest BCUT2D eigenvalue weighted by Crippen LogP contribution is 2.14. The molecule has 0 fully saturated rings. The van der Waals surface area contributed by atoms with E-state index in [9.17, 15) is 9.59 Å². The van der Waals surface area contributed by atoms with Gasteiger partial charge in [-0.05, 0) is 39.8 Å². The predicted molar refractivity (Wildman–Crippen MR) is 71.8 cm³/mol. The molecule has 5 heteroatoms. The molecule has 1 heterocycles. The number of hydrogen-bond acceptors (Lipinski definition) is 4. The molecule has 0 aliphatic carbocycles. The first kappa shape index (κ1) is 13.3. The molecule has 1 aromatic carbocycles. The number of fused-ring (bicyclic) bond motifs is 1. The summed E-state index contributed by atoms with van der Waals surface area (Å²) in [5.74, 6) is -0.129. The molecule has 0 spiro atoms. The van der Waals surface area contributed by atoms with E-state index < -0.39 is 11.4 Å². The van der Waals surface area contributed by atoms with Crippen LogP contribution in [0.25, 0.3) is 10.9 Å². The van der Waals surface area contributed by atoms with Gasteiger partial charge in [0.2, 0.25) is 0 Å². The minimum Gasteiger partial charge on any atom is -0.331 e.